The normalized spacial score (nSPS) is 11.4. The van der Waals surface area contributed by atoms with Crippen molar-refractivity contribution in [3.8, 4) is 0 Å². The molecule has 2 rings (SSSR count). The Morgan fingerprint density at radius 1 is 1.45 bits per heavy atom. The molecule has 1 aromatic heterocycles. The lowest BCUT2D eigenvalue weighted by Gasteiger charge is -2.07. The molecule has 0 fully saturated rings. The molecule has 0 saturated carbocycles. The van der Waals surface area contributed by atoms with E-state index in [1.54, 1.807) is 0 Å². The van der Waals surface area contributed by atoms with Crippen molar-refractivity contribution in [3.05, 3.63) is 46.3 Å². The average Bonchev–Trinajstić information content (AvgIpc) is 2.89. The van der Waals surface area contributed by atoms with Gasteiger partial charge in [-0.2, -0.15) is 5.10 Å². The van der Waals surface area contributed by atoms with E-state index in [4.69, 9.17) is 5.73 Å². The van der Waals surface area contributed by atoms with Crippen LogP contribution in [-0.4, -0.2) is 23.5 Å². The highest BCUT2D eigenvalue weighted by Gasteiger charge is 2.27. The second-order valence-corrected chi connectivity index (χ2v) is 5.62. The summed E-state index contributed by atoms with van der Waals surface area (Å²) in [5, 5.41) is 17.1. The first kappa shape index (κ1) is 14.0. The molecule has 1 heterocycles. The predicted molar refractivity (Wildman–Crippen MR) is 70.1 cm³/mol. The molecule has 0 aliphatic heterocycles. The number of anilines is 1. The Morgan fingerprint density at radius 2 is 2.20 bits per heavy atom. The maximum Gasteiger partial charge on any atom is 0.312 e. The third-order valence-electron chi connectivity index (χ3n) is 2.52. The third kappa shape index (κ3) is 2.75. The highest BCUT2D eigenvalue weighted by Crippen LogP contribution is 2.29. The monoisotopic (exact) mass is 297 g/mol. The van der Waals surface area contributed by atoms with Crippen molar-refractivity contribution in [1.82, 2.24) is 14.9 Å². The van der Waals surface area contributed by atoms with Gasteiger partial charge in [0, 0.05) is 18.3 Å². The Labute approximate surface area is 114 Å². The zero-order chi connectivity index (χ0) is 14.8. The van der Waals surface area contributed by atoms with Crippen LogP contribution in [0.4, 0.5) is 11.4 Å². The summed E-state index contributed by atoms with van der Waals surface area (Å²) in [5.41, 5.74) is 5.22. The maximum atomic E-state index is 12.1. The van der Waals surface area contributed by atoms with Crippen LogP contribution in [0.3, 0.4) is 0 Å². The van der Waals surface area contributed by atoms with Gasteiger partial charge in [0.2, 0.25) is 10.0 Å². The summed E-state index contributed by atoms with van der Waals surface area (Å²) < 4.78 is 26.5. The standard InChI is InChI=1S/C10H11N5O4S/c11-8-2-1-3-9(10(8)15(16)17)20(18,19)14-6-7-4-12-13-5-7/h1-5,14H,6,11H2,(H,12,13). The van der Waals surface area contributed by atoms with E-state index in [0.717, 1.165) is 6.07 Å². The quantitative estimate of drug-likeness (QED) is 0.413. The van der Waals surface area contributed by atoms with Gasteiger partial charge in [-0.05, 0) is 12.1 Å². The number of nitrogen functional groups attached to an aromatic ring is 1. The molecule has 106 valence electrons. The minimum absolute atomic E-state index is 0.0369. The second kappa shape index (κ2) is 5.27. The van der Waals surface area contributed by atoms with Crippen LogP contribution in [0.1, 0.15) is 5.56 Å². The van der Waals surface area contributed by atoms with E-state index < -0.39 is 25.5 Å². The molecule has 0 aliphatic carbocycles. The number of nitro benzene ring substituents is 1. The first-order chi connectivity index (χ1) is 9.42. The topological polar surface area (TPSA) is 144 Å². The molecule has 0 aliphatic rings. The number of para-hydroxylation sites is 1. The number of sulfonamides is 1. The van der Waals surface area contributed by atoms with E-state index in [2.05, 4.69) is 14.9 Å². The van der Waals surface area contributed by atoms with Gasteiger partial charge in [-0.1, -0.05) is 6.07 Å². The summed E-state index contributed by atoms with van der Waals surface area (Å²) in [6, 6.07) is 3.74. The zero-order valence-corrected chi connectivity index (χ0v) is 10.9. The van der Waals surface area contributed by atoms with Crippen LogP contribution in [0.25, 0.3) is 0 Å². The molecule has 10 heteroatoms. The van der Waals surface area contributed by atoms with Crippen LogP contribution in [0.5, 0.6) is 0 Å². The summed E-state index contributed by atoms with van der Waals surface area (Å²) in [4.78, 5) is 9.66. The Bertz CT molecular complexity index is 726. The largest absolute Gasteiger partial charge is 0.393 e. The van der Waals surface area contributed by atoms with Crippen molar-refractivity contribution < 1.29 is 13.3 Å². The number of hydrogen-bond acceptors (Lipinski definition) is 6. The van der Waals surface area contributed by atoms with Crippen molar-refractivity contribution in [2.45, 2.75) is 11.4 Å². The Balaban J connectivity index is 2.34. The van der Waals surface area contributed by atoms with Gasteiger partial charge >= 0.3 is 5.69 Å². The van der Waals surface area contributed by atoms with Crippen LogP contribution >= 0.6 is 0 Å². The average molecular weight is 297 g/mol. The molecule has 0 radical (unpaired) electrons. The molecule has 4 N–H and O–H groups in total. The van der Waals surface area contributed by atoms with Gasteiger partial charge in [0.05, 0.1) is 11.1 Å². The number of hydrogen-bond donors (Lipinski definition) is 3. The van der Waals surface area contributed by atoms with Crippen molar-refractivity contribution in [3.63, 3.8) is 0 Å². The smallest absolute Gasteiger partial charge is 0.312 e. The van der Waals surface area contributed by atoms with E-state index >= 15 is 0 Å². The number of nitrogens with two attached hydrogens (primary N) is 1. The molecule has 1 aromatic carbocycles. The molecule has 0 saturated heterocycles. The van der Waals surface area contributed by atoms with Crippen LogP contribution in [0.15, 0.2) is 35.5 Å². The Morgan fingerprint density at radius 3 is 2.80 bits per heavy atom. The number of aromatic nitrogens is 2. The summed E-state index contributed by atoms with van der Waals surface area (Å²) >= 11 is 0. The predicted octanol–water partition coefficient (Wildman–Crippen LogP) is 0.379. The first-order valence-electron chi connectivity index (χ1n) is 5.42. The summed E-state index contributed by atoms with van der Waals surface area (Å²) in [7, 11) is -4.05. The molecule has 0 bridgehead atoms. The van der Waals surface area contributed by atoms with E-state index in [-0.39, 0.29) is 12.2 Å². The molecular formula is C10H11N5O4S. The summed E-state index contributed by atoms with van der Waals surface area (Å²) in [6.07, 6.45) is 2.95. The van der Waals surface area contributed by atoms with E-state index in [1.165, 1.54) is 24.5 Å². The van der Waals surface area contributed by atoms with Gasteiger partial charge in [-0.25, -0.2) is 13.1 Å². The SMILES string of the molecule is Nc1cccc(S(=O)(=O)NCc2cn[nH]c2)c1[N+](=O)[O-]. The number of nitrogens with zero attached hydrogens (tertiary/aromatic N) is 2. The van der Waals surface area contributed by atoms with E-state index in [1.807, 2.05) is 0 Å². The lowest BCUT2D eigenvalue weighted by atomic mass is 10.3. The fourth-order valence-corrected chi connectivity index (χ4v) is 2.80. The minimum atomic E-state index is -4.05. The second-order valence-electron chi connectivity index (χ2n) is 3.88. The number of nitrogens with one attached hydrogen (secondary N) is 2. The fourth-order valence-electron chi connectivity index (χ4n) is 1.58. The number of nitro groups is 1. The number of rotatable bonds is 5. The van der Waals surface area contributed by atoms with E-state index in [9.17, 15) is 18.5 Å². The third-order valence-corrected chi connectivity index (χ3v) is 3.96. The van der Waals surface area contributed by atoms with Gasteiger partial charge in [0.25, 0.3) is 0 Å². The van der Waals surface area contributed by atoms with Crippen LogP contribution in [-0.2, 0) is 16.6 Å². The van der Waals surface area contributed by atoms with Gasteiger partial charge in [0.1, 0.15) is 5.69 Å². The van der Waals surface area contributed by atoms with Crippen molar-refractivity contribution in [2.75, 3.05) is 5.73 Å². The molecule has 0 atom stereocenters. The number of H-pyrrole nitrogens is 1. The highest BCUT2D eigenvalue weighted by atomic mass is 32.2. The minimum Gasteiger partial charge on any atom is -0.393 e. The summed E-state index contributed by atoms with van der Waals surface area (Å²) in [5.74, 6) is 0. The molecular weight excluding hydrogens is 286 g/mol. The lowest BCUT2D eigenvalue weighted by Crippen LogP contribution is -2.24. The molecule has 9 nitrogen and oxygen atoms in total. The molecule has 2 aromatic rings. The van der Waals surface area contributed by atoms with Gasteiger partial charge in [-0.15, -0.1) is 0 Å². The van der Waals surface area contributed by atoms with Crippen LogP contribution in [0.2, 0.25) is 0 Å². The first-order valence-corrected chi connectivity index (χ1v) is 6.90. The van der Waals surface area contributed by atoms with Crippen molar-refractivity contribution in [1.29, 1.82) is 0 Å². The fraction of sp³-hybridized carbons (Fsp3) is 0.100. The molecule has 0 unspecified atom stereocenters. The van der Waals surface area contributed by atoms with Crippen LogP contribution in [0, 0.1) is 10.1 Å². The molecule has 20 heavy (non-hydrogen) atoms. The van der Waals surface area contributed by atoms with Crippen molar-refractivity contribution in [2.24, 2.45) is 0 Å². The number of benzene rings is 1. The Hall–Kier alpha value is -2.46. The van der Waals surface area contributed by atoms with Gasteiger partial charge in [-0.3, -0.25) is 15.2 Å². The van der Waals surface area contributed by atoms with Crippen molar-refractivity contribution >= 4 is 21.4 Å². The highest BCUT2D eigenvalue weighted by molar-refractivity contribution is 7.89. The molecule has 0 amide bonds. The van der Waals surface area contributed by atoms with E-state index in [0.29, 0.717) is 5.56 Å². The Kier molecular flexibility index (Phi) is 3.68. The summed E-state index contributed by atoms with van der Waals surface area (Å²) in [6.45, 7) is -0.0369. The lowest BCUT2D eigenvalue weighted by molar-refractivity contribution is -0.386. The van der Waals surface area contributed by atoms with Gasteiger partial charge < -0.3 is 5.73 Å². The maximum absolute atomic E-state index is 12.1. The molecule has 0 spiro atoms. The van der Waals surface area contributed by atoms with Gasteiger partial charge in [0.15, 0.2) is 4.90 Å². The number of aromatic amines is 1. The zero-order valence-electron chi connectivity index (χ0n) is 10.1. The van der Waals surface area contributed by atoms with Crippen LogP contribution < -0.4 is 10.5 Å².